The van der Waals surface area contributed by atoms with Crippen molar-refractivity contribution in [3.8, 4) is 5.75 Å². The summed E-state index contributed by atoms with van der Waals surface area (Å²) in [5.41, 5.74) is 2.97. The van der Waals surface area contributed by atoms with E-state index >= 15 is 0 Å². The van der Waals surface area contributed by atoms with Crippen molar-refractivity contribution < 1.29 is 14.3 Å². The molecule has 0 aliphatic heterocycles. The van der Waals surface area contributed by atoms with E-state index in [-0.39, 0.29) is 30.6 Å². The minimum atomic E-state index is -0.400. The summed E-state index contributed by atoms with van der Waals surface area (Å²) in [6, 6.07) is 12.9. The third-order valence-electron chi connectivity index (χ3n) is 4.62. The van der Waals surface area contributed by atoms with E-state index in [0.29, 0.717) is 17.1 Å². The highest BCUT2D eigenvalue weighted by molar-refractivity contribution is 5.69. The molecule has 152 valence electrons. The van der Waals surface area contributed by atoms with E-state index in [1.54, 1.807) is 12.3 Å². The van der Waals surface area contributed by atoms with Crippen molar-refractivity contribution in [1.82, 2.24) is 9.38 Å². The van der Waals surface area contributed by atoms with Gasteiger partial charge in [-0.15, -0.1) is 0 Å². The van der Waals surface area contributed by atoms with Gasteiger partial charge in [0.1, 0.15) is 18.0 Å². The van der Waals surface area contributed by atoms with Crippen LogP contribution in [0.15, 0.2) is 53.5 Å². The average molecular weight is 394 g/mol. The van der Waals surface area contributed by atoms with Gasteiger partial charge in [0.2, 0.25) is 0 Å². The third-order valence-corrected chi connectivity index (χ3v) is 4.62. The molecule has 0 radical (unpaired) electrons. The van der Waals surface area contributed by atoms with Gasteiger partial charge in [-0.2, -0.15) is 0 Å². The molecule has 2 heterocycles. The Balaban J connectivity index is 1.51. The summed E-state index contributed by atoms with van der Waals surface area (Å²) in [6.07, 6.45) is 1.78. The summed E-state index contributed by atoms with van der Waals surface area (Å²) in [5, 5.41) is 0. The van der Waals surface area contributed by atoms with Crippen LogP contribution in [0.3, 0.4) is 0 Å². The number of carbonyl (C=O) groups excluding carboxylic acids is 1. The molecule has 0 N–H and O–H groups in total. The van der Waals surface area contributed by atoms with Crippen LogP contribution in [0, 0.1) is 6.92 Å². The molecule has 6 nitrogen and oxygen atoms in total. The number of hydrogen-bond acceptors (Lipinski definition) is 5. The molecule has 0 aliphatic rings. The SMILES string of the molecule is Cc1cccn2c(=O)cc(COC(=O)CCOc3ccc(C(C)(C)C)cc3)nc12. The van der Waals surface area contributed by atoms with Crippen molar-refractivity contribution in [2.45, 2.75) is 46.1 Å². The average Bonchev–Trinajstić information content (AvgIpc) is 2.67. The van der Waals surface area contributed by atoms with E-state index in [9.17, 15) is 9.59 Å². The van der Waals surface area contributed by atoms with Crippen LogP contribution >= 0.6 is 0 Å². The second-order valence-corrected chi connectivity index (χ2v) is 8.00. The van der Waals surface area contributed by atoms with Crippen molar-refractivity contribution in [2.75, 3.05) is 6.61 Å². The van der Waals surface area contributed by atoms with Crippen LogP contribution in [0.2, 0.25) is 0 Å². The molecule has 0 amide bonds. The lowest BCUT2D eigenvalue weighted by Crippen LogP contribution is -2.17. The highest BCUT2D eigenvalue weighted by atomic mass is 16.5. The van der Waals surface area contributed by atoms with E-state index in [1.807, 2.05) is 37.3 Å². The molecule has 2 aromatic heterocycles. The maximum atomic E-state index is 12.2. The number of fused-ring (bicyclic) bond motifs is 1. The van der Waals surface area contributed by atoms with Gasteiger partial charge in [-0.3, -0.25) is 14.0 Å². The first-order valence-corrected chi connectivity index (χ1v) is 9.61. The Hall–Kier alpha value is -3.15. The maximum absolute atomic E-state index is 12.2. The van der Waals surface area contributed by atoms with Crippen molar-refractivity contribution in [3.05, 3.63) is 75.8 Å². The minimum Gasteiger partial charge on any atom is -0.493 e. The van der Waals surface area contributed by atoms with Crippen molar-refractivity contribution in [3.63, 3.8) is 0 Å². The summed E-state index contributed by atoms with van der Waals surface area (Å²) in [5.74, 6) is 0.314. The number of ether oxygens (including phenoxy) is 2. The topological polar surface area (TPSA) is 69.9 Å². The monoisotopic (exact) mass is 394 g/mol. The van der Waals surface area contributed by atoms with Crippen LogP contribution in [0.25, 0.3) is 5.65 Å². The Bertz CT molecular complexity index is 1060. The third kappa shape index (κ3) is 5.22. The molecule has 0 fully saturated rings. The van der Waals surface area contributed by atoms with E-state index < -0.39 is 5.97 Å². The lowest BCUT2D eigenvalue weighted by atomic mass is 9.87. The van der Waals surface area contributed by atoms with Crippen LogP contribution in [0.1, 0.15) is 44.0 Å². The van der Waals surface area contributed by atoms with Crippen LogP contribution in [0.4, 0.5) is 0 Å². The van der Waals surface area contributed by atoms with Gasteiger partial charge < -0.3 is 9.47 Å². The first-order chi connectivity index (χ1) is 13.7. The summed E-state index contributed by atoms with van der Waals surface area (Å²) >= 11 is 0. The smallest absolute Gasteiger partial charge is 0.309 e. The first kappa shape index (κ1) is 20.6. The first-order valence-electron chi connectivity index (χ1n) is 9.61. The fourth-order valence-corrected chi connectivity index (χ4v) is 2.91. The normalized spacial score (nSPS) is 11.4. The van der Waals surface area contributed by atoms with Gasteiger partial charge in [-0.05, 0) is 41.7 Å². The Morgan fingerprint density at radius 1 is 1.14 bits per heavy atom. The number of benzene rings is 1. The fourth-order valence-electron chi connectivity index (χ4n) is 2.91. The molecule has 0 aliphatic carbocycles. The summed E-state index contributed by atoms with van der Waals surface area (Å²) in [7, 11) is 0. The van der Waals surface area contributed by atoms with Crippen molar-refractivity contribution in [1.29, 1.82) is 0 Å². The zero-order chi connectivity index (χ0) is 21.0. The van der Waals surface area contributed by atoms with Gasteiger partial charge >= 0.3 is 5.97 Å². The van der Waals surface area contributed by atoms with Crippen molar-refractivity contribution >= 4 is 11.6 Å². The zero-order valence-corrected chi connectivity index (χ0v) is 17.3. The predicted octanol–water partition coefficient (Wildman–Crippen LogP) is 3.81. The largest absolute Gasteiger partial charge is 0.493 e. The van der Waals surface area contributed by atoms with Crippen LogP contribution < -0.4 is 10.3 Å². The number of carbonyl (C=O) groups is 1. The van der Waals surface area contributed by atoms with Gasteiger partial charge in [0.25, 0.3) is 5.56 Å². The molecule has 0 saturated heterocycles. The lowest BCUT2D eigenvalue weighted by Gasteiger charge is -2.19. The lowest BCUT2D eigenvalue weighted by molar-refractivity contribution is -0.145. The Labute approximate surface area is 170 Å². The molecule has 6 heteroatoms. The summed E-state index contributed by atoms with van der Waals surface area (Å²) in [4.78, 5) is 28.6. The molecule has 0 bridgehead atoms. The maximum Gasteiger partial charge on any atom is 0.309 e. The number of aromatic nitrogens is 2. The second kappa shape index (κ2) is 8.47. The number of nitrogens with zero attached hydrogens (tertiary/aromatic N) is 2. The zero-order valence-electron chi connectivity index (χ0n) is 17.3. The molecule has 3 rings (SSSR count). The molecular weight excluding hydrogens is 368 g/mol. The van der Waals surface area contributed by atoms with E-state index in [4.69, 9.17) is 9.47 Å². The van der Waals surface area contributed by atoms with Crippen LogP contribution in [0.5, 0.6) is 5.75 Å². The van der Waals surface area contributed by atoms with Crippen LogP contribution in [-0.2, 0) is 21.6 Å². The summed E-state index contributed by atoms with van der Waals surface area (Å²) < 4.78 is 12.3. The Kier molecular flexibility index (Phi) is 6.01. The molecule has 0 atom stereocenters. The Morgan fingerprint density at radius 3 is 2.55 bits per heavy atom. The van der Waals surface area contributed by atoms with E-state index in [2.05, 4.69) is 25.8 Å². The highest BCUT2D eigenvalue weighted by Crippen LogP contribution is 2.24. The number of rotatable bonds is 6. The quantitative estimate of drug-likeness (QED) is 0.595. The van der Waals surface area contributed by atoms with Gasteiger partial charge in [0, 0.05) is 12.3 Å². The molecule has 0 spiro atoms. The molecule has 29 heavy (non-hydrogen) atoms. The molecular formula is C23H26N2O4. The molecule has 3 aromatic rings. The number of aryl methyl sites for hydroxylation is 1. The van der Waals surface area contributed by atoms with Gasteiger partial charge in [0.15, 0.2) is 0 Å². The molecule has 0 unspecified atom stereocenters. The van der Waals surface area contributed by atoms with Crippen molar-refractivity contribution in [2.24, 2.45) is 0 Å². The molecule has 1 aromatic carbocycles. The Morgan fingerprint density at radius 2 is 1.86 bits per heavy atom. The highest BCUT2D eigenvalue weighted by Gasteiger charge is 2.13. The van der Waals surface area contributed by atoms with E-state index in [1.165, 1.54) is 16.0 Å². The number of esters is 1. The predicted molar refractivity (Wildman–Crippen MR) is 111 cm³/mol. The fraction of sp³-hybridized carbons (Fsp3) is 0.348. The van der Waals surface area contributed by atoms with Gasteiger partial charge in [-0.25, -0.2) is 4.98 Å². The number of hydrogen-bond donors (Lipinski definition) is 0. The second-order valence-electron chi connectivity index (χ2n) is 8.00. The summed E-state index contributed by atoms with van der Waals surface area (Å²) in [6.45, 7) is 8.51. The minimum absolute atomic E-state index is 0.0425. The van der Waals surface area contributed by atoms with E-state index in [0.717, 1.165) is 5.56 Å². The molecule has 0 saturated carbocycles. The van der Waals surface area contributed by atoms with Gasteiger partial charge in [-0.1, -0.05) is 39.0 Å². The van der Waals surface area contributed by atoms with Gasteiger partial charge in [0.05, 0.1) is 18.7 Å². The van der Waals surface area contributed by atoms with Crippen LogP contribution in [-0.4, -0.2) is 22.0 Å². The standard InChI is InChI=1S/C23H26N2O4/c1-16-6-5-12-25-20(26)14-18(24-22(16)25)15-29-21(27)11-13-28-19-9-7-17(8-10-19)23(2,3)4/h5-10,12,14H,11,13,15H2,1-4H3. The number of pyridine rings is 1.